The van der Waals surface area contributed by atoms with Gasteiger partial charge in [-0.25, -0.2) is 0 Å². The van der Waals surface area contributed by atoms with Gasteiger partial charge in [-0.1, -0.05) is 0 Å². The lowest BCUT2D eigenvalue weighted by molar-refractivity contribution is -0.296. The van der Waals surface area contributed by atoms with Crippen molar-refractivity contribution in [2.75, 3.05) is 13.2 Å². The molecule has 1 aliphatic rings. The number of hydrogen-bond acceptors (Lipinski definition) is 14. The molecule has 0 aromatic carbocycles. The molecule has 17 nitrogen and oxygen atoms in total. The average Bonchev–Trinajstić information content (AvgIpc) is 2.78. The number of hydrogen-bond donors (Lipinski definition) is 3. The Bertz CT molecular complexity index is 1030. The van der Waals surface area contributed by atoms with Gasteiger partial charge in [-0.3, -0.25) is 38.4 Å². The summed E-state index contributed by atoms with van der Waals surface area (Å²) in [5.41, 5.74) is 0. The molecular formula is C23H32N2O15. The summed E-state index contributed by atoms with van der Waals surface area (Å²) in [6.07, 6.45) is -7.51. The molecule has 0 bridgehead atoms. The summed E-state index contributed by atoms with van der Waals surface area (Å²) in [5.74, 6) is -10.9. The first-order chi connectivity index (χ1) is 18.5. The Morgan fingerprint density at radius 2 is 1.48 bits per heavy atom. The number of aliphatic carboxylic acids is 1. The second-order valence-corrected chi connectivity index (χ2v) is 8.61. The van der Waals surface area contributed by atoms with Gasteiger partial charge in [0.05, 0.1) is 12.5 Å². The zero-order valence-corrected chi connectivity index (χ0v) is 22.7. The van der Waals surface area contributed by atoms with E-state index in [2.05, 4.69) is 5.32 Å². The van der Waals surface area contributed by atoms with Gasteiger partial charge >= 0.3 is 35.8 Å². The maximum Gasteiger partial charge on any atom is 0.322 e. The Kier molecular flexibility index (Phi) is 12.5. The Balaban J connectivity index is 3.88. The van der Waals surface area contributed by atoms with Crippen molar-refractivity contribution in [2.45, 2.75) is 84.2 Å². The summed E-state index contributed by atoms with van der Waals surface area (Å²) >= 11 is 0. The van der Waals surface area contributed by atoms with Crippen LogP contribution in [-0.4, -0.2) is 102 Å². The number of rotatable bonds is 12. The van der Waals surface area contributed by atoms with Crippen LogP contribution in [0, 0.1) is 0 Å². The summed E-state index contributed by atoms with van der Waals surface area (Å²) in [6, 6.07) is -1.45. The SMILES string of the molecule is CC(=O)N[C@H]1[C@H]([C@H](OC(C)=O)[C@@H](COC(C)=O)OC(C)=O)O[C@](OC(C)=O)(C(=O)NCC(=O)O)C[C@@H]1OC(C)=O. The highest BCUT2D eigenvalue weighted by Gasteiger charge is 2.59. The van der Waals surface area contributed by atoms with Gasteiger partial charge < -0.3 is 44.2 Å². The van der Waals surface area contributed by atoms with Gasteiger partial charge in [-0.05, 0) is 0 Å². The van der Waals surface area contributed by atoms with Crippen molar-refractivity contribution in [3.05, 3.63) is 0 Å². The largest absolute Gasteiger partial charge is 0.480 e. The highest BCUT2D eigenvalue weighted by Crippen LogP contribution is 2.36. The van der Waals surface area contributed by atoms with Gasteiger partial charge in [0.2, 0.25) is 5.91 Å². The van der Waals surface area contributed by atoms with Gasteiger partial charge in [0.15, 0.2) is 12.2 Å². The minimum atomic E-state index is -2.71. The summed E-state index contributed by atoms with van der Waals surface area (Å²) < 4.78 is 31.8. The highest BCUT2D eigenvalue weighted by molar-refractivity contribution is 5.89. The quantitative estimate of drug-likeness (QED) is 0.170. The van der Waals surface area contributed by atoms with Crippen LogP contribution in [0.3, 0.4) is 0 Å². The van der Waals surface area contributed by atoms with E-state index in [1.165, 1.54) is 0 Å². The van der Waals surface area contributed by atoms with E-state index in [9.17, 15) is 38.4 Å². The van der Waals surface area contributed by atoms with E-state index < -0.39 is 103 Å². The van der Waals surface area contributed by atoms with E-state index in [1.807, 2.05) is 5.32 Å². The number of nitrogens with one attached hydrogen (secondary N) is 2. The van der Waals surface area contributed by atoms with E-state index in [1.54, 1.807) is 0 Å². The number of esters is 5. The third-order valence-electron chi connectivity index (χ3n) is 5.05. The van der Waals surface area contributed by atoms with Crippen molar-refractivity contribution < 1.29 is 71.9 Å². The zero-order chi connectivity index (χ0) is 30.8. The van der Waals surface area contributed by atoms with Crippen molar-refractivity contribution in [2.24, 2.45) is 0 Å². The topological polar surface area (TPSA) is 236 Å². The molecule has 6 atom stereocenters. The smallest absolute Gasteiger partial charge is 0.322 e. The standard InChI is InChI=1S/C23H32N2O15/c1-10(26)25-19-16(36-12(3)28)7-23(39-15(6)31,22(34)24-8-18(32)33)40-21(19)20(38-14(5)30)17(37-13(4)29)9-35-11(2)27/h16-17,19-21H,7-9H2,1-6H3,(H,24,34)(H,25,26)(H,32,33)/t16-,17+,19+,20+,21+,23-/m0/s1. The van der Waals surface area contributed by atoms with Crippen molar-refractivity contribution in [3.8, 4) is 0 Å². The number of carbonyl (C=O) groups is 8. The molecule has 1 rings (SSSR count). The number of carboxylic acids is 1. The van der Waals surface area contributed by atoms with E-state index >= 15 is 0 Å². The highest BCUT2D eigenvalue weighted by atomic mass is 16.7. The molecule has 0 unspecified atom stereocenters. The normalized spacial score (nSPS) is 23.3. The molecule has 224 valence electrons. The van der Waals surface area contributed by atoms with Gasteiger partial charge in [0.25, 0.3) is 11.7 Å². The predicted molar refractivity (Wildman–Crippen MR) is 126 cm³/mol. The first-order valence-electron chi connectivity index (χ1n) is 11.8. The lowest BCUT2D eigenvalue weighted by atomic mass is 9.87. The van der Waals surface area contributed by atoms with Crippen molar-refractivity contribution in [1.29, 1.82) is 0 Å². The third kappa shape index (κ3) is 10.5. The number of amides is 2. The second-order valence-electron chi connectivity index (χ2n) is 8.61. The van der Waals surface area contributed by atoms with Crippen LogP contribution >= 0.6 is 0 Å². The van der Waals surface area contributed by atoms with Crippen LogP contribution in [0.5, 0.6) is 0 Å². The molecule has 1 saturated heterocycles. The summed E-state index contributed by atoms with van der Waals surface area (Å²) in [6.45, 7) is 4.32. The molecule has 0 radical (unpaired) electrons. The predicted octanol–water partition coefficient (Wildman–Crippen LogP) is -1.90. The van der Waals surface area contributed by atoms with Crippen LogP contribution in [0.25, 0.3) is 0 Å². The van der Waals surface area contributed by atoms with Crippen molar-refractivity contribution in [1.82, 2.24) is 10.6 Å². The van der Waals surface area contributed by atoms with Crippen molar-refractivity contribution >= 4 is 47.6 Å². The van der Waals surface area contributed by atoms with Crippen LogP contribution in [0.15, 0.2) is 0 Å². The summed E-state index contributed by atoms with van der Waals surface area (Å²) in [4.78, 5) is 96.0. The molecule has 0 saturated carbocycles. The molecule has 0 aromatic rings. The first kappa shape index (κ1) is 33.7. The maximum atomic E-state index is 13.2. The Morgan fingerprint density at radius 3 is 1.93 bits per heavy atom. The fraction of sp³-hybridized carbons (Fsp3) is 0.652. The average molecular weight is 577 g/mol. The molecule has 1 heterocycles. The monoisotopic (exact) mass is 576 g/mol. The van der Waals surface area contributed by atoms with E-state index in [4.69, 9.17) is 33.5 Å². The summed E-state index contributed by atoms with van der Waals surface area (Å²) in [7, 11) is 0. The van der Waals surface area contributed by atoms with Crippen molar-refractivity contribution in [3.63, 3.8) is 0 Å². The number of carboxylic acid groups (broad SMARTS) is 1. The lowest BCUT2D eigenvalue weighted by Crippen LogP contribution is -2.70. The van der Waals surface area contributed by atoms with E-state index in [0.717, 1.165) is 41.5 Å². The molecular weight excluding hydrogens is 544 g/mol. The van der Waals surface area contributed by atoms with Crippen LogP contribution in [0.1, 0.15) is 48.0 Å². The van der Waals surface area contributed by atoms with Crippen LogP contribution in [0.4, 0.5) is 0 Å². The van der Waals surface area contributed by atoms with Crippen LogP contribution in [0.2, 0.25) is 0 Å². The molecule has 3 N–H and O–H groups in total. The van der Waals surface area contributed by atoms with Gasteiger partial charge in [-0.15, -0.1) is 0 Å². The number of carbonyl (C=O) groups excluding carboxylic acids is 7. The van der Waals surface area contributed by atoms with E-state index in [0.29, 0.717) is 0 Å². The van der Waals surface area contributed by atoms with Gasteiger partial charge in [0, 0.05) is 41.5 Å². The molecule has 2 amide bonds. The molecule has 1 aliphatic heterocycles. The molecule has 0 spiro atoms. The van der Waals surface area contributed by atoms with E-state index in [-0.39, 0.29) is 0 Å². The third-order valence-corrected chi connectivity index (χ3v) is 5.05. The Hall–Kier alpha value is -4.28. The minimum Gasteiger partial charge on any atom is -0.480 e. The molecule has 1 fully saturated rings. The van der Waals surface area contributed by atoms with Crippen LogP contribution in [-0.2, 0) is 66.8 Å². The Labute approximate surface area is 228 Å². The van der Waals surface area contributed by atoms with Gasteiger partial charge in [0.1, 0.15) is 25.4 Å². The number of ether oxygens (including phenoxy) is 6. The summed E-state index contributed by atoms with van der Waals surface area (Å²) in [5, 5.41) is 13.5. The lowest BCUT2D eigenvalue weighted by Gasteiger charge is -2.48. The van der Waals surface area contributed by atoms with Gasteiger partial charge in [-0.2, -0.15) is 0 Å². The zero-order valence-electron chi connectivity index (χ0n) is 22.7. The second kappa shape index (κ2) is 14.8. The maximum absolute atomic E-state index is 13.2. The molecule has 0 aliphatic carbocycles. The fourth-order valence-electron chi connectivity index (χ4n) is 3.89. The van der Waals surface area contributed by atoms with Crippen LogP contribution < -0.4 is 10.6 Å². The molecule has 40 heavy (non-hydrogen) atoms. The fourth-order valence-corrected chi connectivity index (χ4v) is 3.89. The first-order valence-corrected chi connectivity index (χ1v) is 11.8. The molecule has 0 aromatic heterocycles. The Morgan fingerprint density at radius 1 is 0.875 bits per heavy atom. The molecule has 17 heteroatoms. The minimum absolute atomic E-state index is 0.705.